The Morgan fingerprint density at radius 1 is 1.13 bits per heavy atom. The minimum Gasteiger partial charge on any atom is -0.489 e. The van der Waals surface area contributed by atoms with Crippen LogP contribution in [0.15, 0.2) is 41.2 Å². The van der Waals surface area contributed by atoms with Crippen LogP contribution in [-0.2, 0) is 13.7 Å². The fourth-order valence-electron chi connectivity index (χ4n) is 3.34. The number of hydrogen-bond donors (Lipinski definition) is 0. The number of thiazole rings is 1. The van der Waals surface area contributed by atoms with Crippen molar-refractivity contribution in [1.82, 2.24) is 24.8 Å². The fraction of sp³-hybridized carbons (Fsp3) is 0.227. The van der Waals surface area contributed by atoms with E-state index in [1.54, 1.807) is 7.05 Å². The summed E-state index contributed by atoms with van der Waals surface area (Å²) in [5.74, 6) is 0.718. The minimum absolute atomic E-state index is 0.268. The monoisotopic (exact) mass is 432 g/mol. The smallest absolute Gasteiger partial charge is 0.368 e. The molecule has 2 aromatic carbocycles. The summed E-state index contributed by atoms with van der Waals surface area (Å²) < 4.78 is 8.57. The molecule has 2 heterocycles. The van der Waals surface area contributed by atoms with Gasteiger partial charge < -0.3 is 4.74 Å². The third-order valence-electron chi connectivity index (χ3n) is 4.99. The van der Waals surface area contributed by atoms with Gasteiger partial charge in [0.2, 0.25) is 0 Å². The molecule has 31 heavy (non-hydrogen) atoms. The molecule has 0 saturated heterocycles. The van der Waals surface area contributed by atoms with Crippen LogP contribution in [-0.4, -0.2) is 24.8 Å². The lowest BCUT2D eigenvalue weighted by Crippen LogP contribution is -2.23. The zero-order chi connectivity index (χ0) is 22.1. The lowest BCUT2D eigenvalue weighted by Gasteiger charge is -2.14. The third kappa shape index (κ3) is 3.85. The molecule has 2 aromatic heterocycles. The second kappa shape index (κ2) is 8.16. The lowest BCUT2D eigenvalue weighted by atomic mass is 10.1. The second-order valence-corrected chi connectivity index (χ2v) is 8.36. The van der Waals surface area contributed by atoms with Crippen LogP contribution in [0.25, 0.3) is 16.9 Å². The van der Waals surface area contributed by atoms with E-state index in [-0.39, 0.29) is 12.3 Å². The molecule has 0 fully saturated rings. The Labute approximate surface area is 183 Å². The highest BCUT2D eigenvalue weighted by Gasteiger charge is 2.15. The van der Waals surface area contributed by atoms with Gasteiger partial charge in [0.1, 0.15) is 23.3 Å². The molecule has 4 aromatic rings. The SMILES string of the molecule is Cc1nc(-c2ccc(OCc3c(C)cccc3-n3nnn(C)c3=O)c(C)c2)c(C#N)s1. The summed E-state index contributed by atoms with van der Waals surface area (Å²) in [5.41, 5.74) is 4.68. The Hall–Kier alpha value is -3.77. The van der Waals surface area contributed by atoms with E-state index in [4.69, 9.17) is 4.74 Å². The summed E-state index contributed by atoms with van der Waals surface area (Å²) in [4.78, 5) is 17.4. The Morgan fingerprint density at radius 2 is 1.94 bits per heavy atom. The number of benzene rings is 2. The van der Waals surface area contributed by atoms with E-state index in [0.29, 0.717) is 16.3 Å². The Kier molecular flexibility index (Phi) is 5.40. The van der Waals surface area contributed by atoms with Crippen LogP contribution in [0.3, 0.4) is 0 Å². The number of hydrogen-bond acceptors (Lipinski definition) is 7. The summed E-state index contributed by atoms with van der Waals surface area (Å²) in [5, 5.41) is 18.0. The minimum atomic E-state index is -0.320. The predicted octanol–water partition coefficient (Wildman–Crippen LogP) is 3.47. The average Bonchev–Trinajstić information content (AvgIpc) is 3.29. The lowest BCUT2D eigenvalue weighted by molar-refractivity contribution is 0.302. The van der Waals surface area contributed by atoms with E-state index in [1.807, 2.05) is 57.2 Å². The molecule has 0 amide bonds. The van der Waals surface area contributed by atoms with Gasteiger partial charge in [0.25, 0.3) is 0 Å². The van der Waals surface area contributed by atoms with Crippen LogP contribution < -0.4 is 10.4 Å². The van der Waals surface area contributed by atoms with Crippen LogP contribution in [0.2, 0.25) is 0 Å². The van der Waals surface area contributed by atoms with Crippen LogP contribution >= 0.6 is 11.3 Å². The molecule has 0 radical (unpaired) electrons. The topological polar surface area (TPSA) is 98.6 Å². The highest BCUT2D eigenvalue weighted by Crippen LogP contribution is 2.31. The highest BCUT2D eigenvalue weighted by molar-refractivity contribution is 7.12. The van der Waals surface area contributed by atoms with Crippen LogP contribution in [0, 0.1) is 32.1 Å². The van der Waals surface area contributed by atoms with Crippen molar-refractivity contribution in [2.75, 3.05) is 0 Å². The zero-order valence-corrected chi connectivity index (χ0v) is 18.4. The molecule has 9 heteroatoms. The van der Waals surface area contributed by atoms with Crippen molar-refractivity contribution in [3.05, 3.63) is 73.5 Å². The molecule has 0 N–H and O–H groups in total. The first-order valence-corrected chi connectivity index (χ1v) is 10.4. The number of aromatic nitrogens is 5. The van der Waals surface area contributed by atoms with Gasteiger partial charge in [-0.15, -0.1) is 11.3 Å². The van der Waals surface area contributed by atoms with Gasteiger partial charge >= 0.3 is 5.69 Å². The molecular weight excluding hydrogens is 412 g/mol. The van der Waals surface area contributed by atoms with E-state index >= 15 is 0 Å². The number of ether oxygens (including phenoxy) is 1. The molecule has 0 aliphatic rings. The van der Waals surface area contributed by atoms with Crippen molar-refractivity contribution in [2.24, 2.45) is 7.05 Å². The Morgan fingerprint density at radius 3 is 2.61 bits per heavy atom. The quantitative estimate of drug-likeness (QED) is 0.479. The van der Waals surface area contributed by atoms with Crippen LogP contribution in [0.4, 0.5) is 0 Å². The standard InChI is InChI=1S/C22H20N6O2S/c1-13-6-5-7-18(28-22(29)27(4)25-26-28)17(13)12-30-19-9-8-16(10-14(19)2)21-20(11-23)31-15(3)24-21/h5-10H,12H2,1-4H3. The summed E-state index contributed by atoms with van der Waals surface area (Å²) in [6.07, 6.45) is 0. The number of aryl methyl sites for hydroxylation is 4. The van der Waals surface area contributed by atoms with Crippen molar-refractivity contribution in [3.63, 3.8) is 0 Å². The summed E-state index contributed by atoms with van der Waals surface area (Å²) >= 11 is 1.39. The molecule has 0 spiro atoms. The normalized spacial score (nSPS) is 10.8. The van der Waals surface area contributed by atoms with Gasteiger partial charge in [-0.3, -0.25) is 0 Å². The van der Waals surface area contributed by atoms with Crippen molar-refractivity contribution in [1.29, 1.82) is 5.26 Å². The van der Waals surface area contributed by atoms with Crippen molar-refractivity contribution in [2.45, 2.75) is 27.4 Å². The maximum Gasteiger partial charge on any atom is 0.368 e. The molecule has 0 bridgehead atoms. The molecule has 8 nitrogen and oxygen atoms in total. The van der Waals surface area contributed by atoms with E-state index in [2.05, 4.69) is 21.5 Å². The molecule has 0 aliphatic heterocycles. The molecule has 4 rings (SSSR count). The summed E-state index contributed by atoms with van der Waals surface area (Å²) in [7, 11) is 1.56. The number of nitriles is 1. The summed E-state index contributed by atoms with van der Waals surface area (Å²) in [6, 6.07) is 13.6. The number of nitrogens with zero attached hydrogens (tertiary/aromatic N) is 6. The van der Waals surface area contributed by atoms with Gasteiger partial charge in [-0.05, 0) is 66.6 Å². The third-order valence-corrected chi connectivity index (χ3v) is 5.87. The molecule has 0 unspecified atom stereocenters. The summed E-state index contributed by atoms with van der Waals surface area (Å²) in [6.45, 7) is 6.08. The predicted molar refractivity (Wildman–Crippen MR) is 117 cm³/mol. The van der Waals surface area contributed by atoms with Gasteiger partial charge in [-0.1, -0.05) is 12.1 Å². The van der Waals surface area contributed by atoms with Gasteiger partial charge in [-0.2, -0.15) is 14.6 Å². The molecular formula is C22H20N6O2S. The van der Waals surface area contributed by atoms with Crippen molar-refractivity contribution < 1.29 is 4.74 Å². The zero-order valence-electron chi connectivity index (χ0n) is 17.6. The number of tetrazole rings is 1. The van der Waals surface area contributed by atoms with Crippen molar-refractivity contribution >= 4 is 11.3 Å². The van der Waals surface area contributed by atoms with Gasteiger partial charge in [0.15, 0.2) is 0 Å². The van der Waals surface area contributed by atoms with Crippen LogP contribution in [0.5, 0.6) is 5.75 Å². The van der Waals surface area contributed by atoms with E-state index in [9.17, 15) is 10.1 Å². The number of rotatable bonds is 5. The molecule has 156 valence electrons. The van der Waals surface area contributed by atoms with Gasteiger partial charge in [0.05, 0.1) is 16.4 Å². The van der Waals surface area contributed by atoms with Crippen molar-refractivity contribution in [3.8, 4) is 28.8 Å². The first-order valence-electron chi connectivity index (χ1n) is 9.58. The van der Waals surface area contributed by atoms with Gasteiger partial charge in [-0.25, -0.2) is 9.78 Å². The molecule has 0 aliphatic carbocycles. The largest absolute Gasteiger partial charge is 0.489 e. The van der Waals surface area contributed by atoms with Crippen LogP contribution in [0.1, 0.15) is 26.6 Å². The van der Waals surface area contributed by atoms with Gasteiger partial charge in [0, 0.05) is 18.2 Å². The fourth-order valence-corrected chi connectivity index (χ4v) is 4.08. The van der Waals surface area contributed by atoms with E-state index in [0.717, 1.165) is 33.0 Å². The second-order valence-electron chi connectivity index (χ2n) is 7.16. The average molecular weight is 433 g/mol. The Bertz CT molecular complexity index is 1380. The first kappa shape index (κ1) is 20.5. The van der Waals surface area contributed by atoms with E-state index < -0.39 is 0 Å². The maximum absolute atomic E-state index is 12.3. The molecule has 0 saturated carbocycles. The highest BCUT2D eigenvalue weighted by atomic mass is 32.1. The maximum atomic E-state index is 12.3. The van der Waals surface area contributed by atoms with E-state index in [1.165, 1.54) is 20.7 Å². The Balaban J connectivity index is 1.63. The first-order chi connectivity index (χ1) is 14.9. The molecule has 0 atom stereocenters.